The second kappa shape index (κ2) is 11.3. The van der Waals surface area contributed by atoms with Crippen molar-refractivity contribution in [2.75, 3.05) is 32.2 Å². The summed E-state index contributed by atoms with van der Waals surface area (Å²) in [5.41, 5.74) is 1.47. The summed E-state index contributed by atoms with van der Waals surface area (Å²) in [5.74, 6) is -0.307. The van der Waals surface area contributed by atoms with Gasteiger partial charge >= 0.3 is 5.97 Å². The first kappa shape index (κ1) is 21.7. The zero-order valence-electron chi connectivity index (χ0n) is 16.3. The minimum Gasteiger partial charge on any atom is -0.494 e. The highest BCUT2D eigenvalue weighted by atomic mass is 16.6. The Hall–Kier alpha value is -3.63. The van der Waals surface area contributed by atoms with E-state index in [0.717, 1.165) is 0 Å². The van der Waals surface area contributed by atoms with Crippen molar-refractivity contribution >= 4 is 23.6 Å². The molecule has 0 spiro atoms. The summed E-state index contributed by atoms with van der Waals surface area (Å²) in [6.07, 6.45) is 1.49. The van der Waals surface area contributed by atoms with Crippen LogP contribution in [0.4, 0.5) is 5.69 Å². The summed E-state index contributed by atoms with van der Waals surface area (Å²) in [7, 11) is 1.52. The normalized spacial score (nSPS) is 10.7. The number of nitrogens with zero attached hydrogens (tertiary/aromatic N) is 1. The Bertz CT molecular complexity index is 896. The van der Waals surface area contributed by atoms with Crippen molar-refractivity contribution in [1.82, 2.24) is 0 Å². The van der Waals surface area contributed by atoms with Crippen molar-refractivity contribution in [2.24, 2.45) is 0 Å². The van der Waals surface area contributed by atoms with Gasteiger partial charge < -0.3 is 19.5 Å². The molecule has 1 N–H and O–H groups in total. The van der Waals surface area contributed by atoms with Gasteiger partial charge in [-0.25, -0.2) is 4.79 Å². The largest absolute Gasteiger partial charge is 0.494 e. The monoisotopic (exact) mass is 394 g/mol. The number of nitriles is 1. The summed E-state index contributed by atoms with van der Waals surface area (Å²) >= 11 is 0. The lowest BCUT2D eigenvalue weighted by Crippen LogP contribution is -2.14. The summed E-state index contributed by atoms with van der Waals surface area (Å²) < 4.78 is 15.2. The molecule has 150 valence electrons. The first-order valence-electron chi connectivity index (χ1n) is 8.99. The Morgan fingerprint density at radius 1 is 1.07 bits per heavy atom. The number of carbonyl (C=O) groups excluding carboxylic acids is 2. The lowest BCUT2D eigenvalue weighted by atomic mass is 10.1. The first-order chi connectivity index (χ1) is 14.1. The number of amides is 1. The SMILES string of the molecule is CCOc1ccc(/C=C(\C#N)C(=O)Nc2ccc(C(=O)OCCOC)cc2)cc1. The van der Waals surface area contributed by atoms with Gasteiger partial charge in [-0.1, -0.05) is 12.1 Å². The summed E-state index contributed by atoms with van der Waals surface area (Å²) in [6, 6.07) is 15.2. The molecule has 0 bridgehead atoms. The van der Waals surface area contributed by atoms with Crippen molar-refractivity contribution in [2.45, 2.75) is 6.92 Å². The van der Waals surface area contributed by atoms with E-state index >= 15 is 0 Å². The minimum atomic E-state index is -0.545. The van der Waals surface area contributed by atoms with Crippen LogP contribution < -0.4 is 10.1 Å². The molecule has 0 atom stereocenters. The molecule has 7 nitrogen and oxygen atoms in total. The van der Waals surface area contributed by atoms with Crippen LogP contribution in [-0.4, -0.2) is 38.8 Å². The molecule has 2 aromatic rings. The van der Waals surface area contributed by atoms with E-state index in [1.807, 2.05) is 13.0 Å². The maximum atomic E-state index is 12.4. The fourth-order valence-electron chi connectivity index (χ4n) is 2.33. The van der Waals surface area contributed by atoms with E-state index < -0.39 is 11.9 Å². The number of esters is 1. The van der Waals surface area contributed by atoms with Gasteiger partial charge in [-0.15, -0.1) is 0 Å². The molecule has 0 fully saturated rings. The molecule has 2 rings (SSSR count). The number of ether oxygens (including phenoxy) is 3. The molecule has 0 unspecified atom stereocenters. The number of rotatable bonds is 9. The Kier molecular flexibility index (Phi) is 8.42. The number of anilines is 1. The third-order valence-corrected chi connectivity index (χ3v) is 3.77. The van der Waals surface area contributed by atoms with Gasteiger partial charge in [0, 0.05) is 12.8 Å². The average molecular weight is 394 g/mol. The highest BCUT2D eigenvalue weighted by Crippen LogP contribution is 2.16. The van der Waals surface area contributed by atoms with Crippen LogP contribution >= 0.6 is 0 Å². The number of nitrogens with one attached hydrogen (secondary N) is 1. The Balaban J connectivity index is 2.01. The Morgan fingerprint density at radius 3 is 2.34 bits per heavy atom. The van der Waals surface area contributed by atoms with Crippen molar-refractivity contribution in [3.05, 3.63) is 65.2 Å². The molecule has 1 amide bonds. The molecule has 0 aromatic heterocycles. The van der Waals surface area contributed by atoms with Gasteiger partial charge in [-0.2, -0.15) is 5.26 Å². The Labute approximate surface area is 169 Å². The number of hydrogen-bond acceptors (Lipinski definition) is 6. The molecular weight excluding hydrogens is 372 g/mol. The zero-order chi connectivity index (χ0) is 21.1. The molecule has 2 aromatic carbocycles. The maximum Gasteiger partial charge on any atom is 0.338 e. The van der Waals surface area contributed by atoms with Gasteiger partial charge in [0.25, 0.3) is 5.91 Å². The van der Waals surface area contributed by atoms with Gasteiger partial charge in [-0.05, 0) is 55.0 Å². The quantitative estimate of drug-likeness (QED) is 0.303. The molecular formula is C22H22N2O5. The topological polar surface area (TPSA) is 97.7 Å². The fourth-order valence-corrected chi connectivity index (χ4v) is 2.33. The van der Waals surface area contributed by atoms with Gasteiger partial charge in [0.1, 0.15) is 24.0 Å². The Morgan fingerprint density at radius 2 is 1.76 bits per heavy atom. The van der Waals surface area contributed by atoms with Crippen LogP contribution in [0.1, 0.15) is 22.8 Å². The van der Waals surface area contributed by atoms with Crippen LogP contribution in [0.3, 0.4) is 0 Å². The van der Waals surface area contributed by atoms with Crippen LogP contribution in [-0.2, 0) is 14.3 Å². The number of benzene rings is 2. The van der Waals surface area contributed by atoms with Crippen LogP contribution in [0.2, 0.25) is 0 Å². The molecule has 0 aliphatic heterocycles. The van der Waals surface area contributed by atoms with Crippen molar-refractivity contribution in [1.29, 1.82) is 5.26 Å². The molecule has 0 radical (unpaired) electrons. The van der Waals surface area contributed by atoms with Gasteiger partial charge in [-0.3, -0.25) is 4.79 Å². The van der Waals surface area contributed by atoms with E-state index in [2.05, 4.69) is 5.32 Å². The highest BCUT2D eigenvalue weighted by Gasteiger charge is 2.11. The number of carbonyl (C=O) groups is 2. The number of methoxy groups -OCH3 is 1. The summed E-state index contributed by atoms with van der Waals surface area (Å²) in [4.78, 5) is 24.2. The zero-order valence-corrected chi connectivity index (χ0v) is 16.3. The molecule has 0 saturated heterocycles. The van der Waals surface area contributed by atoms with E-state index in [1.165, 1.54) is 25.3 Å². The third kappa shape index (κ3) is 6.79. The molecule has 0 aliphatic rings. The van der Waals surface area contributed by atoms with E-state index in [0.29, 0.717) is 35.8 Å². The minimum absolute atomic E-state index is 0.0442. The predicted molar refractivity (Wildman–Crippen MR) is 108 cm³/mol. The van der Waals surface area contributed by atoms with Crippen LogP contribution in [0, 0.1) is 11.3 Å². The summed E-state index contributed by atoms with van der Waals surface area (Å²) in [5, 5.41) is 12.0. The standard InChI is InChI=1S/C22H22N2O5/c1-3-28-20-10-4-16(5-11-20)14-18(15-23)21(25)24-19-8-6-17(7-9-19)22(26)29-13-12-27-2/h4-11,14H,3,12-13H2,1-2H3,(H,24,25)/b18-14+. The average Bonchev–Trinajstić information content (AvgIpc) is 2.74. The molecule has 0 saturated carbocycles. The second-order valence-corrected chi connectivity index (χ2v) is 5.83. The lowest BCUT2D eigenvalue weighted by Gasteiger charge is -2.07. The maximum absolute atomic E-state index is 12.4. The molecule has 29 heavy (non-hydrogen) atoms. The fraction of sp³-hybridized carbons (Fsp3) is 0.227. The highest BCUT2D eigenvalue weighted by molar-refractivity contribution is 6.09. The lowest BCUT2D eigenvalue weighted by molar-refractivity contribution is -0.112. The van der Waals surface area contributed by atoms with Crippen molar-refractivity contribution in [3.63, 3.8) is 0 Å². The van der Waals surface area contributed by atoms with Crippen LogP contribution in [0.15, 0.2) is 54.1 Å². The smallest absolute Gasteiger partial charge is 0.338 e. The van der Waals surface area contributed by atoms with Gasteiger partial charge in [0.15, 0.2) is 0 Å². The van der Waals surface area contributed by atoms with E-state index in [-0.39, 0.29) is 12.2 Å². The second-order valence-electron chi connectivity index (χ2n) is 5.83. The predicted octanol–water partition coefficient (Wildman–Crippen LogP) is 3.43. The van der Waals surface area contributed by atoms with Crippen LogP contribution in [0.5, 0.6) is 5.75 Å². The van der Waals surface area contributed by atoms with Gasteiger partial charge in [0.2, 0.25) is 0 Å². The van der Waals surface area contributed by atoms with Gasteiger partial charge in [0.05, 0.1) is 18.8 Å². The van der Waals surface area contributed by atoms with Crippen LogP contribution in [0.25, 0.3) is 6.08 Å². The van der Waals surface area contributed by atoms with Crippen molar-refractivity contribution < 1.29 is 23.8 Å². The number of hydrogen-bond donors (Lipinski definition) is 1. The molecule has 7 heteroatoms. The molecule has 0 aliphatic carbocycles. The van der Waals surface area contributed by atoms with Crippen molar-refractivity contribution in [3.8, 4) is 11.8 Å². The van der Waals surface area contributed by atoms with E-state index in [4.69, 9.17) is 14.2 Å². The van der Waals surface area contributed by atoms with E-state index in [1.54, 1.807) is 36.4 Å². The third-order valence-electron chi connectivity index (χ3n) is 3.77. The first-order valence-corrected chi connectivity index (χ1v) is 8.99. The summed E-state index contributed by atoms with van der Waals surface area (Å²) in [6.45, 7) is 2.93. The molecule has 0 heterocycles. The van der Waals surface area contributed by atoms with E-state index in [9.17, 15) is 14.9 Å².